The van der Waals surface area contributed by atoms with Gasteiger partial charge in [-0.3, -0.25) is 4.79 Å². The van der Waals surface area contributed by atoms with Crippen molar-refractivity contribution in [1.82, 2.24) is 5.32 Å². The van der Waals surface area contributed by atoms with Gasteiger partial charge >= 0.3 is 0 Å². The molecule has 2 rings (SSSR count). The maximum atomic E-state index is 12.0. The minimum atomic E-state index is -0.0857. The number of rotatable bonds is 2. The van der Waals surface area contributed by atoms with E-state index in [4.69, 9.17) is 0 Å². The molecular formula is C13H18N2O. The molecule has 1 amide bonds. The molecule has 2 atom stereocenters. The van der Waals surface area contributed by atoms with E-state index >= 15 is 0 Å². The van der Waals surface area contributed by atoms with Crippen LogP contribution in [0.15, 0.2) is 24.3 Å². The molecule has 0 aliphatic carbocycles. The normalized spacial score (nSPS) is 21.9. The third kappa shape index (κ3) is 2.09. The van der Waals surface area contributed by atoms with Crippen molar-refractivity contribution in [2.45, 2.75) is 32.9 Å². The van der Waals surface area contributed by atoms with Crippen molar-refractivity contribution in [2.24, 2.45) is 5.92 Å². The van der Waals surface area contributed by atoms with Crippen molar-refractivity contribution in [3.8, 4) is 0 Å². The highest BCUT2D eigenvalue weighted by molar-refractivity contribution is 5.96. The zero-order valence-corrected chi connectivity index (χ0v) is 9.79. The first-order valence-electron chi connectivity index (χ1n) is 5.84. The lowest BCUT2D eigenvalue weighted by atomic mass is 9.98. The molecule has 1 aromatic rings. The van der Waals surface area contributed by atoms with Crippen molar-refractivity contribution >= 4 is 11.6 Å². The van der Waals surface area contributed by atoms with E-state index in [2.05, 4.69) is 24.5 Å². The predicted molar refractivity (Wildman–Crippen MR) is 65.2 cm³/mol. The Kier molecular flexibility index (Phi) is 3.25. The fourth-order valence-electron chi connectivity index (χ4n) is 2.01. The number of amides is 1. The van der Waals surface area contributed by atoms with E-state index in [-0.39, 0.29) is 11.9 Å². The van der Waals surface area contributed by atoms with Crippen LogP contribution in [0.4, 0.5) is 5.69 Å². The average Bonchev–Trinajstić information content (AvgIpc) is 2.46. The van der Waals surface area contributed by atoms with Crippen molar-refractivity contribution in [3.05, 3.63) is 29.8 Å². The van der Waals surface area contributed by atoms with Crippen molar-refractivity contribution in [3.63, 3.8) is 0 Å². The zero-order chi connectivity index (χ0) is 11.5. The molecule has 0 spiro atoms. The molecule has 1 heterocycles. The van der Waals surface area contributed by atoms with E-state index in [0.29, 0.717) is 5.92 Å². The second kappa shape index (κ2) is 4.66. The summed E-state index contributed by atoms with van der Waals surface area (Å²) in [4.78, 5) is 12.0. The maximum absolute atomic E-state index is 12.0. The summed E-state index contributed by atoms with van der Waals surface area (Å²) in [7, 11) is 0. The first kappa shape index (κ1) is 11.1. The number of fused-ring (bicyclic) bond motifs is 1. The van der Waals surface area contributed by atoms with Gasteiger partial charge < -0.3 is 10.6 Å². The first-order chi connectivity index (χ1) is 7.72. The molecule has 1 unspecified atom stereocenters. The van der Waals surface area contributed by atoms with Crippen LogP contribution in [0.25, 0.3) is 0 Å². The van der Waals surface area contributed by atoms with Gasteiger partial charge in [-0.15, -0.1) is 0 Å². The van der Waals surface area contributed by atoms with Crippen LogP contribution in [0, 0.1) is 5.92 Å². The Morgan fingerprint density at radius 3 is 2.94 bits per heavy atom. The molecule has 3 nitrogen and oxygen atoms in total. The summed E-state index contributed by atoms with van der Waals surface area (Å²) in [6.07, 6.45) is 1.00. The predicted octanol–water partition coefficient (Wildman–Crippen LogP) is 2.14. The lowest BCUT2D eigenvalue weighted by molar-refractivity contribution is -0.119. The highest BCUT2D eigenvalue weighted by Gasteiger charge is 2.26. The van der Waals surface area contributed by atoms with Crippen molar-refractivity contribution in [1.29, 1.82) is 0 Å². The lowest BCUT2D eigenvalue weighted by Gasteiger charge is -2.20. The van der Waals surface area contributed by atoms with Gasteiger partial charge in [0.2, 0.25) is 5.91 Å². The fourth-order valence-corrected chi connectivity index (χ4v) is 2.01. The Balaban J connectivity index is 2.22. The van der Waals surface area contributed by atoms with E-state index in [1.807, 2.05) is 24.3 Å². The average molecular weight is 218 g/mol. The second-order valence-corrected chi connectivity index (χ2v) is 4.39. The number of benzene rings is 1. The van der Waals surface area contributed by atoms with E-state index in [9.17, 15) is 4.79 Å². The van der Waals surface area contributed by atoms with Gasteiger partial charge in [-0.25, -0.2) is 0 Å². The number of hydrogen-bond donors (Lipinski definition) is 2. The summed E-state index contributed by atoms with van der Waals surface area (Å²) in [6.45, 7) is 4.97. The van der Waals surface area contributed by atoms with Gasteiger partial charge in [0.1, 0.15) is 0 Å². The molecule has 0 saturated heterocycles. The van der Waals surface area contributed by atoms with Crippen LogP contribution in [0.1, 0.15) is 25.8 Å². The van der Waals surface area contributed by atoms with Gasteiger partial charge in [0.15, 0.2) is 0 Å². The quantitative estimate of drug-likeness (QED) is 0.798. The molecule has 3 heteroatoms. The fraction of sp³-hybridized carbons (Fsp3) is 0.462. The highest BCUT2D eigenvalue weighted by Crippen LogP contribution is 2.20. The molecular weight excluding hydrogens is 200 g/mol. The Bertz CT molecular complexity index is 389. The van der Waals surface area contributed by atoms with E-state index in [1.54, 1.807) is 0 Å². The van der Waals surface area contributed by atoms with Crippen LogP contribution < -0.4 is 10.6 Å². The van der Waals surface area contributed by atoms with Crippen LogP contribution in [0.5, 0.6) is 0 Å². The number of carbonyl (C=O) groups excluding carboxylic acids is 1. The van der Waals surface area contributed by atoms with Gasteiger partial charge in [-0.05, 0) is 17.5 Å². The van der Waals surface area contributed by atoms with Crippen molar-refractivity contribution < 1.29 is 4.79 Å². The molecule has 0 bridgehead atoms. The minimum absolute atomic E-state index is 0.0827. The molecule has 0 radical (unpaired) electrons. The smallest absolute Gasteiger partial charge is 0.241 e. The van der Waals surface area contributed by atoms with E-state index < -0.39 is 0 Å². The highest BCUT2D eigenvalue weighted by atomic mass is 16.2. The molecule has 1 aromatic carbocycles. The summed E-state index contributed by atoms with van der Waals surface area (Å²) >= 11 is 0. The van der Waals surface area contributed by atoms with Crippen LogP contribution in [0.3, 0.4) is 0 Å². The van der Waals surface area contributed by atoms with E-state index in [1.165, 1.54) is 0 Å². The SMILES string of the molecule is CCC(C)[C@@H]1NCc2ccccc2NC1=O. The maximum Gasteiger partial charge on any atom is 0.241 e. The number of hydrogen-bond acceptors (Lipinski definition) is 2. The Labute approximate surface area is 96.2 Å². The number of carbonyl (C=O) groups is 1. The lowest BCUT2D eigenvalue weighted by Crippen LogP contribution is -2.42. The van der Waals surface area contributed by atoms with Gasteiger partial charge in [-0.1, -0.05) is 38.5 Å². The molecule has 0 aromatic heterocycles. The summed E-state index contributed by atoms with van der Waals surface area (Å²) in [6, 6.07) is 7.85. The summed E-state index contributed by atoms with van der Waals surface area (Å²) in [5.74, 6) is 0.439. The van der Waals surface area contributed by atoms with Crippen LogP contribution in [-0.4, -0.2) is 11.9 Å². The summed E-state index contributed by atoms with van der Waals surface area (Å²) in [5.41, 5.74) is 2.09. The number of nitrogens with one attached hydrogen (secondary N) is 2. The minimum Gasteiger partial charge on any atom is -0.324 e. The monoisotopic (exact) mass is 218 g/mol. The summed E-state index contributed by atoms with van der Waals surface area (Å²) < 4.78 is 0. The largest absolute Gasteiger partial charge is 0.324 e. The molecule has 16 heavy (non-hydrogen) atoms. The second-order valence-electron chi connectivity index (χ2n) is 4.39. The number of anilines is 1. The number of para-hydroxylation sites is 1. The topological polar surface area (TPSA) is 41.1 Å². The van der Waals surface area contributed by atoms with Crippen LogP contribution in [0.2, 0.25) is 0 Å². The van der Waals surface area contributed by atoms with Gasteiger partial charge in [0.05, 0.1) is 6.04 Å². The third-order valence-corrected chi connectivity index (χ3v) is 3.28. The van der Waals surface area contributed by atoms with Gasteiger partial charge in [0.25, 0.3) is 0 Å². The molecule has 86 valence electrons. The van der Waals surface area contributed by atoms with Crippen LogP contribution >= 0.6 is 0 Å². The molecule has 0 fully saturated rings. The Morgan fingerprint density at radius 2 is 2.19 bits per heavy atom. The Hall–Kier alpha value is -1.35. The molecule has 1 aliphatic rings. The Morgan fingerprint density at radius 1 is 1.44 bits per heavy atom. The molecule has 2 N–H and O–H groups in total. The van der Waals surface area contributed by atoms with Crippen LogP contribution in [-0.2, 0) is 11.3 Å². The first-order valence-corrected chi connectivity index (χ1v) is 5.84. The summed E-state index contributed by atoms with van der Waals surface area (Å²) in [5, 5.41) is 6.31. The standard InChI is InChI=1S/C13H18N2O/c1-3-9(2)12-13(16)15-11-7-5-4-6-10(11)8-14-12/h4-7,9,12,14H,3,8H2,1-2H3,(H,15,16)/t9?,12-/m0/s1. The van der Waals surface area contributed by atoms with E-state index in [0.717, 1.165) is 24.2 Å². The third-order valence-electron chi connectivity index (χ3n) is 3.28. The molecule has 0 saturated carbocycles. The van der Waals surface area contributed by atoms with Crippen molar-refractivity contribution in [2.75, 3.05) is 5.32 Å². The molecule has 1 aliphatic heterocycles. The van der Waals surface area contributed by atoms with Gasteiger partial charge in [-0.2, -0.15) is 0 Å². The van der Waals surface area contributed by atoms with Gasteiger partial charge in [0, 0.05) is 12.2 Å². The zero-order valence-electron chi connectivity index (χ0n) is 9.79.